The van der Waals surface area contributed by atoms with Gasteiger partial charge in [-0.2, -0.15) is 0 Å². The second-order valence-corrected chi connectivity index (χ2v) is 5.05. The maximum absolute atomic E-state index is 6.16. The van der Waals surface area contributed by atoms with Crippen LogP contribution in [-0.2, 0) is 6.42 Å². The molecule has 0 saturated carbocycles. The van der Waals surface area contributed by atoms with Gasteiger partial charge in [-0.15, -0.1) is 0 Å². The van der Waals surface area contributed by atoms with Gasteiger partial charge in [0.05, 0.1) is 0 Å². The van der Waals surface area contributed by atoms with Crippen molar-refractivity contribution in [1.29, 1.82) is 0 Å². The molecule has 1 nitrogen and oxygen atoms in total. The summed E-state index contributed by atoms with van der Waals surface area (Å²) in [5.41, 5.74) is 11.8. The Morgan fingerprint density at radius 3 is 2.86 bits per heavy atom. The summed E-state index contributed by atoms with van der Waals surface area (Å²) in [5, 5.41) is 0. The van der Waals surface area contributed by atoms with Gasteiger partial charge in [-0.05, 0) is 61.4 Å². The zero-order valence-corrected chi connectivity index (χ0v) is 10.3. The Labute approximate surface area is 93.8 Å². The van der Waals surface area contributed by atoms with Crippen molar-refractivity contribution in [1.82, 2.24) is 0 Å². The molecular formula is C12H16BrN. The fourth-order valence-corrected chi connectivity index (χ4v) is 2.99. The smallest absolute Gasteiger partial charge is 0.0300 e. The molecular weight excluding hydrogens is 238 g/mol. The van der Waals surface area contributed by atoms with Crippen molar-refractivity contribution in [3.8, 4) is 0 Å². The zero-order chi connectivity index (χ0) is 10.3. The van der Waals surface area contributed by atoms with Crippen molar-refractivity contribution in [3.63, 3.8) is 0 Å². The molecule has 0 radical (unpaired) electrons. The molecule has 76 valence electrons. The quantitative estimate of drug-likeness (QED) is 0.754. The molecule has 0 amide bonds. The van der Waals surface area contributed by atoms with E-state index in [2.05, 4.69) is 35.8 Å². The Bertz CT molecular complexity index is 371. The topological polar surface area (TPSA) is 26.0 Å². The number of benzene rings is 1. The number of halogens is 1. The predicted molar refractivity (Wildman–Crippen MR) is 63.5 cm³/mol. The van der Waals surface area contributed by atoms with Crippen LogP contribution in [0, 0.1) is 13.8 Å². The number of aryl methyl sites for hydroxylation is 1. The number of rotatable bonds is 0. The lowest BCUT2D eigenvalue weighted by atomic mass is 9.83. The van der Waals surface area contributed by atoms with Gasteiger partial charge in [0.25, 0.3) is 0 Å². The van der Waals surface area contributed by atoms with Crippen LogP contribution in [-0.4, -0.2) is 0 Å². The number of hydrogen-bond acceptors (Lipinski definition) is 1. The Kier molecular flexibility index (Phi) is 2.67. The van der Waals surface area contributed by atoms with Crippen molar-refractivity contribution in [2.75, 3.05) is 0 Å². The molecule has 0 fully saturated rings. The van der Waals surface area contributed by atoms with Crippen LogP contribution in [0.4, 0.5) is 0 Å². The van der Waals surface area contributed by atoms with Crippen molar-refractivity contribution in [3.05, 3.63) is 32.8 Å². The third kappa shape index (κ3) is 1.51. The Hall–Kier alpha value is -0.340. The molecule has 2 rings (SSSR count). The lowest BCUT2D eigenvalue weighted by molar-refractivity contribution is 0.565. The van der Waals surface area contributed by atoms with Gasteiger partial charge in [-0.1, -0.05) is 15.9 Å². The molecule has 0 saturated heterocycles. The Balaban J connectivity index is 2.67. The van der Waals surface area contributed by atoms with Crippen molar-refractivity contribution >= 4 is 15.9 Å². The van der Waals surface area contributed by atoms with E-state index in [-0.39, 0.29) is 6.04 Å². The first-order valence-corrected chi connectivity index (χ1v) is 5.94. The summed E-state index contributed by atoms with van der Waals surface area (Å²) in [6, 6.07) is 2.46. The summed E-state index contributed by atoms with van der Waals surface area (Å²) < 4.78 is 1.20. The molecule has 1 aliphatic rings. The highest BCUT2D eigenvalue weighted by molar-refractivity contribution is 9.10. The monoisotopic (exact) mass is 253 g/mol. The van der Waals surface area contributed by atoms with E-state index in [1.54, 1.807) is 0 Å². The average molecular weight is 254 g/mol. The summed E-state index contributed by atoms with van der Waals surface area (Å²) in [5.74, 6) is 0. The fourth-order valence-electron chi connectivity index (χ4n) is 2.43. The Morgan fingerprint density at radius 1 is 1.43 bits per heavy atom. The van der Waals surface area contributed by atoms with Gasteiger partial charge in [0.1, 0.15) is 0 Å². The highest BCUT2D eigenvalue weighted by Gasteiger charge is 2.21. The van der Waals surface area contributed by atoms with E-state index >= 15 is 0 Å². The number of hydrogen-bond donors (Lipinski definition) is 1. The summed E-state index contributed by atoms with van der Waals surface area (Å²) in [6.07, 6.45) is 3.56. The fraction of sp³-hybridized carbons (Fsp3) is 0.500. The SMILES string of the molecule is Cc1cc(Br)c(C)c2c1CCCC2N. The molecule has 14 heavy (non-hydrogen) atoms. The van der Waals surface area contributed by atoms with Crippen LogP contribution in [0.25, 0.3) is 0 Å². The molecule has 1 aromatic carbocycles. The maximum Gasteiger partial charge on any atom is 0.0300 e. The first-order valence-electron chi connectivity index (χ1n) is 5.15. The van der Waals surface area contributed by atoms with E-state index in [1.807, 2.05) is 0 Å². The van der Waals surface area contributed by atoms with Crippen LogP contribution >= 0.6 is 15.9 Å². The van der Waals surface area contributed by atoms with Gasteiger partial charge in [0.15, 0.2) is 0 Å². The van der Waals surface area contributed by atoms with E-state index in [4.69, 9.17) is 5.73 Å². The Morgan fingerprint density at radius 2 is 2.14 bits per heavy atom. The molecule has 0 bridgehead atoms. The minimum atomic E-state index is 0.245. The molecule has 2 N–H and O–H groups in total. The number of fused-ring (bicyclic) bond motifs is 1. The van der Waals surface area contributed by atoms with Gasteiger partial charge in [0.2, 0.25) is 0 Å². The molecule has 0 spiro atoms. The summed E-state index contributed by atoms with van der Waals surface area (Å²) in [6.45, 7) is 4.34. The van der Waals surface area contributed by atoms with Crippen LogP contribution < -0.4 is 5.73 Å². The largest absolute Gasteiger partial charge is 0.324 e. The minimum Gasteiger partial charge on any atom is -0.324 e. The summed E-state index contributed by atoms with van der Waals surface area (Å²) in [7, 11) is 0. The minimum absolute atomic E-state index is 0.245. The third-order valence-electron chi connectivity index (χ3n) is 3.22. The third-order valence-corrected chi connectivity index (χ3v) is 4.04. The number of nitrogens with two attached hydrogens (primary N) is 1. The average Bonchev–Trinajstić information content (AvgIpc) is 2.14. The maximum atomic E-state index is 6.16. The van der Waals surface area contributed by atoms with Gasteiger partial charge in [-0.25, -0.2) is 0 Å². The molecule has 1 atom stereocenters. The molecule has 1 aliphatic carbocycles. The molecule has 0 aliphatic heterocycles. The lowest BCUT2D eigenvalue weighted by Crippen LogP contribution is -2.20. The van der Waals surface area contributed by atoms with E-state index in [0.717, 1.165) is 6.42 Å². The van der Waals surface area contributed by atoms with Crippen LogP contribution in [0.1, 0.15) is 41.1 Å². The van der Waals surface area contributed by atoms with Crippen molar-refractivity contribution < 1.29 is 0 Å². The van der Waals surface area contributed by atoms with Crippen LogP contribution in [0.15, 0.2) is 10.5 Å². The normalized spacial score (nSPS) is 20.7. The first-order chi connectivity index (χ1) is 6.61. The van der Waals surface area contributed by atoms with Crippen LogP contribution in [0.3, 0.4) is 0 Å². The van der Waals surface area contributed by atoms with Gasteiger partial charge in [-0.3, -0.25) is 0 Å². The summed E-state index contributed by atoms with van der Waals surface area (Å²) >= 11 is 3.60. The predicted octanol–water partition coefficient (Wildman–Crippen LogP) is 3.40. The van der Waals surface area contributed by atoms with E-state index in [0.29, 0.717) is 0 Å². The molecule has 0 aromatic heterocycles. The molecule has 1 unspecified atom stereocenters. The molecule has 1 aromatic rings. The second-order valence-electron chi connectivity index (χ2n) is 4.19. The molecule has 0 heterocycles. The lowest BCUT2D eigenvalue weighted by Gasteiger charge is -2.26. The highest BCUT2D eigenvalue weighted by atomic mass is 79.9. The standard InChI is InChI=1S/C12H16BrN/c1-7-6-10(13)8(2)12-9(7)4-3-5-11(12)14/h6,11H,3-5,14H2,1-2H3. The van der Waals surface area contributed by atoms with E-state index in [1.165, 1.54) is 39.6 Å². The van der Waals surface area contributed by atoms with Gasteiger partial charge < -0.3 is 5.73 Å². The second kappa shape index (κ2) is 3.67. The first kappa shape index (κ1) is 10.2. The van der Waals surface area contributed by atoms with Gasteiger partial charge in [0, 0.05) is 10.5 Å². The summed E-state index contributed by atoms with van der Waals surface area (Å²) in [4.78, 5) is 0. The van der Waals surface area contributed by atoms with Crippen LogP contribution in [0.2, 0.25) is 0 Å². The van der Waals surface area contributed by atoms with Crippen molar-refractivity contribution in [2.45, 2.75) is 39.2 Å². The van der Waals surface area contributed by atoms with Crippen molar-refractivity contribution in [2.24, 2.45) is 5.73 Å². The van der Waals surface area contributed by atoms with E-state index in [9.17, 15) is 0 Å². The molecule has 2 heteroatoms. The highest BCUT2D eigenvalue weighted by Crippen LogP contribution is 2.36. The zero-order valence-electron chi connectivity index (χ0n) is 8.73. The van der Waals surface area contributed by atoms with Crippen LogP contribution in [0.5, 0.6) is 0 Å². The van der Waals surface area contributed by atoms with Gasteiger partial charge >= 0.3 is 0 Å². The van der Waals surface area contributed by atoms with E-state index < -0.39 is 0 Å².